The van der Waals surface area contributed by atoms with Crippen molar-refractivity contribution in [2.75, 3.05) is 5.32 Å². The summed E-state index contributed by atoms with van der Waals surface area (Å²) in [6.45, 7) is 0.672. The molecule has 3 rings (SSSR count). The Kier molecular flexibility index (Phi) is 7.03. The molecule has 4 N–H and O–H groups in total. The lowest BCUT2D eigenvalue weighted by atomic mass is 9.85. The molecule has 0 unspecified atom stereocenters. The predicted octanol–water partition coefficient (Wildman–Crippen LogP) is 3.57. The van der Waals surface area contributed by atoms with E-state index in [-0.39, 0.29) is 24.5 Å². The lowest BCUT2D eigenvalue weighted by Gasteiger charge is -2.28. The standard InChI is InChI=1S/C22H27N3O3/c23-14-17-8-4-10-19(12-17)24-21(26)18-9-5-11-20(13-18)25-22(27)28-15-16-6-2-1-3-7-16/h1-4,6-8,10,12,18,20H,5,9,11,13-15,23H2,(H,24,26)(H,25,27)/t18-,20+/m1/s1. The Morgan fingerprint density at radius 2 is 1.82 bits per heavy atom. The minimum Gasteiger partial charge on any atom is -0.445 e. The summed E-state index contributed by atoms with van der Waals surface area (Å²) >= 11 is 0. The number of anilines is 1. The minimum absolute atomic E-state index is 0.0154. The number of amides is 2. The maximum absolute atomic E-state index is 12.6. The third kappa shape index (κ3) is 5.82. The van der Waals surface area contributed by atoms with Crippen molar-refractivity contribution in [2.45, 2.75) is 44.9 Å². The van der Waals surface area contributed by atoms with Gasteiger partial charge in [-0.05, 0) is 42.5 Å². The van der Waals surface area contributed by atoms with Crippen LogP contribution in [0, 0.1) is 5.92 Å². The van der Waals surface area contributed by atoms with Gasteiger partial charge in [-0.15, -0.1) is 0 Å². The highest BCUT2D eigenvalue weighted by atomic mass is 16.5. The molecule has 2 atom stereocenters. The lowest BCUT2D eigenvalue weighted by molar-refractivity contribution is -0.121. The number of hydrogen-bond donors (Lipinski definition) is 3. The first-order valence-electron chi connectivity index (χ1n) is 9.71. The summed E-state index contributed by atoms with van der Waals surface area (Å²) in [4.78, 5) is 24.7. The number of carbonyl (C=O) groups is 2. The third-order valence-corrected chi connectivity index (χ3v) is 5.01. The molecule has 1 saturated carbocycles. The number of rotatable bonds is 6. The summed E-state index contributed by atoms with van der Waals surface area (Å²) in [5, 5.41) is 5.87. The molecular formula is C22H27N3O3. The van der Waals surface area contributed by atoms with Crippen LogP contribution < -0.4 is 16.4 Å². The average Bonchev–Trinajstić information content (AvgIpc) is 2.73. The van der Waals surface area contributed by atoms with Crippen LogP contribution in [0.5, 0.6) is 0 Å². The largest absolute Gasteiger partial charge is 0.445 e. The van der Waals surface area contributed by atoms with Crippen molar-refractivity contribution in [1.82, 2.24) is 5.32 Å². The molecule has 0 saturated heterocycles. The number of hydrogen-bond acceptors (Lipinski definition) is 4. The zero-order valence-electron chi connectivity index (χ0n) is 15.9. The monoisotopic (exact) mass is 381 g/mol. The SMILES string of the molecule is NCc1cccc(NC(=O)[C@@H]2CCC[C@H](NC(=O)OCc3ccccc3)C2)c1. The quantitative estimate of drug-likeness (QED) is 0.713. The van der Waals surface area contributed by atoms with Gasteiger partial charge < -0.3 is 21.1 Å². The van der Waals surface area contributed by atoms with Gasteiger partial charge >= 0.3 is 6.09 Å². The fraction of sp³-hybridized carbons (Fsp3) is 0.364. The molecule has 6 nitrogen and oxygen atoms in total. The summed E-state index contributed by atoms with van der Waals surface area (Å²) < 4.78 is 5.29. The molecule has 6 heteroatoms. The molecular weight excluding hydrogens is 354 g/mol. The number of benzene rings is 2. The van der Waals surface area contributed by atoms with E-state index in [2.05, 4.69) is 10.6 Å². The van der Waals surface area contributed by atoms with Crippen LogP contribution in [0.4, 0.5) is 10.5 Å². The van der Waals surface area contributed by atoms with E-state index in [1.54, 1.807) is 0 Å². The summed E-state index contributed by atoms with van der Waals surface area (Å²) in [5.41, 5.74) is 8.33. The van der Waals surface area contributed by atoms with Gasteiger partial charge in [0.25, 0.3) is 0 Å². The van der Waals surface area contributed by atoms with Crippen LogP contribution in [-0.4, -0.2) is 18.0 Å². The van der Waals surface area contributed by atoms with Gasteiger partial charge in [0.1, 0.15) is 6.61 Å². The second-order valence-corrected chi connectivity index (χ2v) is 7.16. The minimum atomic E-state index is -0.439. The average molecular weight is 381 g/mol. The normalized spacial score (nSPS) is 18.9. The number of nitrogens with two attached hydrogens (primary N) is 1. The number of alkyl carbamates (subject to hydrolysis) is 1. The third-order valence-electron chi connectivity index (χ3n) is 5.01. The van der Waals surface area contributed by atoms with E-state index >= 15 is 0 Å². The van der Waals surface area contributed by atoms with Gasteiger partial charge in [0.05, 0.1) is 0 Å². The van der Waals surface area contributed by atoms with Gasteiger partial charge in [-0.3, -0.25) is 4.79 Å². The van der Waals surface area contributed by atoms with Crippen LogP contribution in [0.3, 0.4) is 0 Å². The van der Waals surface area contributed by atoms with E-state index in [0.29, 0.717) is 13.0 Å². The molecule has 28 heavy (non-hydrogen) atoms. The highest BCUT2D eigenvalue weighted by Gasteiger charge is 2.28. The van der Waals surface area contributed by atoms with Crippen molar-refractivity contribution >= 4 is 17.7 Å². The smallest absolute Gasteiger partial charge is 0.407 e. The number of carbonyl (C=O) groups excluding carboxylic acids is 2. The molecule has 0 spiro atoms. The maximum atomic E-state index is 12.6. The van der Waals surface area contributed by atoms with Crippen molar-refractivity contribution < 1.29 is 14.3 Å². The summed E-state index contributed by atoms with van der Waals surface area (Å²) in [6, 6.07) is 17.1. The van der Waals surface area contributed by atoms with Crippen molar-refractivity contribution in [2.24, 2.45) is 11.7 Å². The molecule has 0 radical (unpaired) electrons. The Morgan fingerprint density at radius 3 is 2.61 bits per heavy atom. The second kappa shape index (κ2) is 9.90. The summed E-state index contributed by atoms with van der Waals surface area (Å²) in [5.74, 6) is -0.145. The van der Waals surface area contributed by atoms with Gasteiger partial charge in [-0.1, -0.05) is 48.9 Å². The zero-order chi connectivity index (χ0) is 19.8. The van der Waals surface area contributed by atoms with Crippen LogP contribution in [-0.2, 0) is 22.7 Å². The van der Waals surface area contributed by atoms with E-state index in [1.165, 1.54) is 0 Å². The van der Waals surface area contributed by atoms with Crippen LogP contribution in [0.25, 0.3) is 0 Å². The van der Waals surface area contributed by atoms with Crippen molar-refractivity contribution in [3.63, 3.8) is 0 Å². The molecule has 2 aromatic rings. The van der Waals surface area contributed by atoms with Crippen LogP contribution >= 0.6 is 0 Å². The first-order chi connectivity index (χ1) is 13.6. The van der Waals surface area contributed by atoms with Crippen molar-refractivity contribution in [1.29, 1.82) is 0 Å². The Bertz CT molecular complexity index is 795. The van der Waals surface area contributed by atoms with E-state index in [1.807, 2.05) is 54.6 Å². The highest BCUT2D eigenvalue weighted by molar-refractivity contribution is 5.92. The van der Waals surface area contributed by atoms with Crippen LogP contribution in [0.1, 0.15) is 36.8 Å². The molecule has 2 aromatic carbocycles. The molecule has 0 aliphatic heterocycles. The Labute approximate surface area is 165 Å². The molecule has 2 amide bonds. The second-order valence-electron chi connectivity index (χ2n) is 7.16. The van der Waals surface area contributed by atoms with Crippen molar-refractivity contribution in [3.8, 4) is 0 Å². The molecule has 1 fully saturated rings. The summed E-state index contributed by atoms with van der Waals surface area (Å²) in [7, 11) is 0. The molecule has 1 aliphatic rings. The van der Waals surface area contributed by atoms with Gasteiger partial charge in [-0.2, -0.15) is 0 Å². The topological polar surface area (TPSA) is 93.5 Å². The van der Waals surface area contributed by atoms with E-state index < -0.39 is 6.09 Å². The van der Waals surface area contributed by atoms with Crippen LogP contribution in [0.2, 0.25) is 0 Å². The number of nitrogens with one attached hydrogen (secondary N) is 2. The van der Waals surface area contributed by atoms with Gasteiger partial charge in [-0.25, -0.2) is 4.79 Å². The van der Waals surface area contributed by atoms with Gasteiger partial charge in [0, 0.05) is 24.2 Å². The first-order valence-corrected chi connectivity index (χ1v) is 9.71. The summed E-state index contributed by atoms with van der Waals surface area (Å²) in [6.07, 6.45) is 2.74. The fourth-order valence-electron chi connectivity index (χ4n) is 3.51. The van der Waals surface area contributed by atoms with Crippen molar-refractivity contribution in [3.05, 3.63) is 65.7 Å². The van der Waals surface area contributed by atoms with Gasteiger partial charge in [0.15, 0.2) is 0 Å². The van der Waals surface area contributed by atoms with Gasteiger partial charge in [0.2, 0.25) is 5.91 Å². The Balaban J connectivity index is 1.47. The van der Waals surface area contributed by atoms with Crippen LogP contribution in [0.15, 0.2) is 54.6 Å². The van der Waals surface area contributed by atoms with E-state index in [4.69, 9.17) is 10.5 Å². The lowest BCUT2D eigenvalue weighted by Crippen LogP contribution is -2.41. The fourth-order valence-corrected chi connectivity index (χ4v) is 3.51. The Hall–Kier alpha value is -2.86. The zero-order valence-corrected chi connectivity index (χ0v) is 15.9. The Morgan fingerprint density at radius 1 is 1.04 bits per heavy atom. The van der Waals surface area contributed by atoms with E-state index in [0.717, 1.165) is 36.1 Å². The molecule has 1 aliphatic carbocycles. The maximum Gasteiger partial charge on any atom is 0.407 e. The first kappa shape index (κ1) is 19.9. The highest BCUT2D eigenvalue weighted by Crippen LogP contribution is 2.26. The molecule has 148 valence electrons. The molecule has 0 aromatic heterocycles. The predicted molar refractivity (Wildman–Crippen MR) is 108 cm³/mol. The molecule has 0 heterocycles. The van der Waals surface area contributed by atoms with E-state index in [9.17, 15) is 9.59 Å². The number of ether oxygens (including phenoxy) is 1. The molecule has 0 bridgehead atoms.